The third-order valence-electron chi connectivity index (χ3n) is 4.85. The lowest BCUT2D eigenvalue weighted by atomic mass is 9.91. The number of nitrogens with one attached hydrogen (secondary N) is 1. The van der Waals surface area contributed by atoms with E-state index in [1.54, 1.807) is 0 Å². The molecular weight excluding hydrogens is 284 g/mol. The van der Waals surface area contributed by atoms with Crippen LogP contribution in [0.15, 0.2) is 24.3 Å². The van der Waals surface area contributed by atoms with Crippen LogP contribution in [0.2, 0.25) is 5.02 Å². The van der Waals surface area contributed by atoms with E-state index in [1.165, 1.54) is 18.5 Å². The molecular formula is C17H25ClN2O. The van der Waals surface area contributed by atoms with Gasteiger partial charge in [0.25, 0.3) is 0 Å². The summed E-state index contributed by atoms with van der Waals surface area (Å²) in [6.07, 6.45) is 6.50. The van der Waals surface area contributed by atoms with Crippen LogP contribution >= 0.6 is 11.6 Å². The fourth-order valence-corrected chi connectivity index (χ4v) is 3.66. The maximum Gasteiger partial charge on any atom is 0.0541 e. The van der Waals surface area contributed by atoms with Crippen LogP contribution in [0.25, 0.3) is 0 Å². The third-order valence-corrected chi connectivity index (χ3v) is 5.11. The summed E-state index contributed by atoms with van der Waals surface area (Å²) in [7, 11) is 0. The van der Waals surface area contributed by atoms with Crippen molar-refractivity contribution in [3.05, 3.63) is 29.3 Å². The number of aliphatic hydroxyl groups is 1. The van der Waals surface area contributed by atoms with Gasteiger partial charge >= 0.3 is 0 Å². The van der Waals surface area contributed by atoms with Crippen LogP contribution < -0.4 is 10.2 Å². The van der Waals surface area contributed by atoms with Crippen molar-refractivity contribution in [1.29, 1.82) is 0 Å². The lowest BCUT2D eigenvalue weighted by Gasteiger charge is -2.37. The zero-order valence-corrected chi connectivity index (χ0v) is 13.2. The number of hydrogen-bond donors (Lipinski definition) is 2. The van der Waals surface area contributed by atoms with Gasteiger partial charge in [-0.2, -0.15) is 0 Å². The summed E-state index contributed by atoms with van der Waals surface area (Å²) in [6, 6.07) is 9.40. The summed E-state index contributed by atoms with van der Waals surface area (Å²) >= 11 is 5.95. The van der Waals surface area contributed by atoms with Crippen molar-refractivity contribution in [2.75, 3.05) is 18.0 Å². The number of aliphatic hydroxyl groups excluding tert-OH is 1. The van der Waals surface area contributed by atoms with Crippen molar-refractivity contribution in [3.63, 3.8) is 0 Å². The summed E-state index contributed by atoms with van der Waals surface area (Å²) < 4.78 is 0. The molecule has 2 N–H and O–H groups in total. The van der Waals surface area contributed by atoms with Crippen LogP contribution in [0.3, 0.4) is 0 Å². The molecule has 1 heterocycles. The molecule has 2 fully saturated rings. The van der Waals surface area contributed by atoms with Gasteiger partial charge in [-0.15, -0.1) is 0 Å². The maximum absolute atomic E-state index is 9.57. The molecule has 0 spiro atoms. The monoisotopic (exact) mass is 308 g/mol. The molecule has 1 aliphatic carbocycles. The topological polar surface area (TPSA) is 35.5 Å². The highest BCUT2D eigenvalue weighted by molar-refractivity contribution is 6.30. The third kappa shape index (κ3) is 4.12. The Kier molecular flexibility index (Phi) is 5.04. The molecule has 2 aliphatic rings. The van der Waals surface area contributed by atoms with Crippen LogP contribution in [-0.4, -0.2) is 36.4 Å². The zero-order valence-electron chi connectivity index (χ0n) is 12.5. The molecule has 1 saturated carbocycles. The first-order valence-corrected chi connectivity index (χ1v) is 8.53. The van der Waals surface area contributed by atoms with E-state index < -0.39 is 0 Å². The van der Waals surface area contributed by atoms with E-state index in [0.29, 0.717) is 12.1 Å². The van der Waals surface area contributed by atoms with Crippen LogP contribution in [0.4, 0.5) is 5.69 Å². The van der Waals surface area contributed by atoms with Crippen molar-refractivity contribution in [1.82, 2.24) is 5.32 Å². The SMILES string of the molecule is OC1CCC(NC2CCN(c3ccc(Cl)cc3)CC2)CC1. The van der Waals surface area contributed by atoms with Gasteiger partial charge in [-0.1, -0.05) is 11.6 Å². The number of nitrogens with zero attached hydrogens (tertiary/aromatic N) is 1. The number of piperidine rings is 1. The summed E-state index contributed by atoms with van der Waals surface area (Å²) in [5, 5.41) is 14.2. The largest absolute Gasteiger partial charge is 0.393 e. The highest BCUT2D eigenvalue weighted by Crippen LogP contribution is 2.24. The second-order valence-corrected chi connectivity index (χ2v) is 6.85. The van der Waals surface area contributed by atoms with E-state index in [1.807, 2.05) is 12.1 Å². The Morgan fingerprint density at radius 1 is 0.905 bits per heavy atom. The van der Waals surface area contributed by atoms with Crippen molar-refractivity contribution < 1.29 is 5.11 Å². The Hall–Kier alpha value is -0.770. The molecule has 1 aromatic rings. The molecule has 0 amide bonds. The molecule has 21 heavy (non-hydrogen) atoms. The number of halogens is 1. The number of hydrogen-bond acceptors (Lipinski definition) is 3. The van der Waals surface area contributed by atoms with E-state index in [9.17, 15) is 5.11 Å². The normalized spacial score (nSPS) is 27.8. The zero-order chi connectivity index (χ0) is 14.7. The molecule has 0 radical (unpaired) electrons. The van der Waals surface area contributed by atoms with E-state index >= 15 is 0 Å². The van der Waals surface area contributed by atoms with Crippen molar-refractivity contribution >= 4 is 17.3 Å². The highest BCUT2D eigenvalue weighted by atomic mass is 35.5. The first-order chi connectivity index (χ1) is 10.2. The second-order valence-electron chi connectivity index (χ2n) is 6.41. The van der Waals surface area contributed by atoms with Gasteiger partial charge < -0.3 is 15.3 Å². The molecule has 1 saturated heterocycles. The molecule has 3 rings (SSSR count). The molecule has 0 aromatic heterocycles. The Balaban J connectivity index is 1.45. The van der Waals surface area contributed by atoms with Gasteiger partial charge in [-0.05, 0) is 62.8 Å². The van der Waals surface area contributed by atoms with Gasteiger partial charge in [0.2, 0.25) is 0 Å². The van der Waals surface area contributed by atoms with Gasteiger partial charge in [-0.3, -0.25) is 0 Å². The van der Waals surface area contributed by atoms with Gasteiger partial charge in [-0.25, -0.2) is 0 Å². The number of rotatable bonds is 3. The van der Waals surface area contributed by atoms with E-state index in [0.717, 1.165) is 43.8 Å². The highest BCUT2D eigenvalue weighted by Gasteiger charge is 2.24. The lowest BCUT2D eigenvalue weighted by molar-refractivity contribution is 0.113. The molecule has 0 unspecified atom stereocenters. The first-order valence-electron chi connectivity index (χ1n) is 8.15. The molecule has 116 valence electrons. The minimum atomic E-state index is -0.0604. The van der Waals surface area contributed by atoms with Crippen molar-refractivity contribution in [3.8, 4) is 0 Å². The van der Waals surface area contributed by atoms with Gasteiger partial charge in [0.05, 0.1) is 6.10 Å². The Morgan fingerprint density at radius 2 is 1.48 bits per heavy atom. The predicted molar refractivity (Wildman–Crippen MR) is 88.1 cm³/mol. The smallest absolute Gasteiger partial charge is 0.0541 e. The van der Waals surface area contributed by atoms with Crippen molar-refractivity contribution in [2.45, 2.75) is 56.7 Å². The summed E-state index contributed by atoms with van der Waals surface area (Å²) in [6.45, 7) is 2.21. The quantitative estimate of drug-likeness (QED) is 0.900. The Bertz CT molecular complexity index is 435. The molecule has 0 bridgehead atoms. The first kappa shape index (κ1) is 15.1. The average molecular weight is 309 g/mol. The van der Waals surface area contributed by atoms with Crippen molar-refractivity contribution in [2.24, 2.45) is 0 Å². The molecule has 4 heteroatoms. The predicted octanol–water partition coefficient (Wildman–Crippen LogP) is 3.20. The van der Waals surface area contributed by atoms with Crippen LogP contribution in [-0.2, 0) is 0 Å². The summed E-state index contributed by atoms with van der Waals surface area (Å²) in [4.78, 5) is 2.44. The van der Waals surface area contributed by atoms with Crippen LogP contribution in [0.1, 0.15) is 38.5 Å². The fraction of sp³-hybridized carbons (Fsp3) is 0.647. The van der Waals surface area contributed by atoms with E-state index in [-0.39, 0.29) is 6.10 Å². The van der Waals surface area contributed by atoms with E-state index in [2.05, 4.69) is 22.3 Å². The molecule has 0 atom stereocenters. The summed E-state index contributed by atoms with van der Waals surface area (Å²) in [5.74, 6) is 0. The minimum Gasteiger partial charge on any atom is -0.393 e. The summed E-state index contributed by atoms with van der Waals surface area (Å²) in [5.41, 5.74) is 1.28. The minimum absolute atomic E-state index is 0.0604. The van der Waals surface area contributed by atoms with E-state index in [4.69, 9.17) is 11.6 Å². The average Bonchev–Trinajstić information content (AvgIpc) is 2.51. The van der Waals surface area contributed by atoms with Crippen LogP contribution in [0.5, 0.6) is 0 Å². The molecule has 1 aromatic carbocycles. The molecule has 3 nitrogen and oxygen atoms in total. The van der Waals surface area contributed by atoms with Crippen LogP contribution in [0, 0.1) is 0 Å². The number of anilines is 1. The van der Waals surface area contributed by atoms with Gasteiger partial charge in [0, 0.05) is 35.9 Å². The second kappa shape index (κ2) is 6.99. The fourth-order valence-electron chi connectivity index (χ4n) is 3.53. The Morgan fingerprint density at radius 3 is 2.10 bits per heavy atom. The molecule has 1 aliphatic heterocycles. The standard InChI is InChI=1S/C17H25ClN2O/c18-13-1-5-16(6-2-13)20-11-9-15(10-12-20)19-14-3-7-17(21)8-4-14/h1-2,5-6,14-15,17,19,21H,3-4,7-12H2. The van der Waals surface area contributed by atoms with Gasteiger partial charge in [0.15, 0.2) is 0 Å². The van der Waals surface area contributed by atoms with Gasteiger partial charge in [0.1, 0.15) is 0 Å². The lowest BCUT2D eigenvalue weighted by Crippen LogP contribution is -2.47. The maximum atomic E-state index is 9.57. The Labute approximate surface area is 132 Å². The number of benzene rings is 1.